The maximum absolute atomic E-state index is 13.1. The van der Waals surface area contributed by atoms with E-state index in [2.05, 4.69) is 31.3 Å². The molecule has 172 valence electrons. The Labute approximate surface area is 208 Å². The van der Waals surface area contributed by atoms with Gasteiger partial charge in [0.2, 0.25) is 0 Å². The van der Waals surface area contributed by atoms with Gasteiger partial charge in [-0.3, -0.25) is 4.98 Å². The van der Waals surface area contributed by atoms with E-state index < -0.39 is 10.0 Å². The molecule has 1 unspecified atom stereocenters. The second-order valence-corrected chi connectivity index (χ2v) is 12.5. The Morgan fingerprint density at radius 2 is 2.15 bits per heavy atom. The van der Waals surface area contributed by atoms with Crippen LogP contribution in [-0.2, 0) is 16.6 Å². The zero-order chi connectivity index (χ0) is 23.0. The minimum atomic E-state index is -3.59. The number of aromatic nitrogens is 4. The second-order valence-electron chi connectivity index (χ2n) is 7.77. The number of piperidine rings is 1. The number of rotatable bonds is 6. The van der Waals surface area contributed by atoms with Crippen LogP contribution in [0.5, 0.6) is 0 Å². The molecular formula is C21H20BrClN6O2S2. The highest BCUT2D eigenvalue weighted by Crippen LogP contribution is 2.34. The van der Waals surface area contributed by atoms with Crippen molar-refractivity contribution >= 4 is 60.4 Å². The number of hydrogen-bond donors (Lipinski definition) is 1. The quantitative estimate of drug-likeness (QED) is 0.360. The van der Waals surface area contributed by atoms with Crippen LogP contribution >= 0.6 is 38.9 Å². The van der Waals surface area contributed by atoms with Gasteiger partial charge in [0.05, 0.1) is 20.7 Å². The summed E-state index contributed by atoms with van der Waals surface area (Å²) in [5.41, 5.74) is 2.56. The van der Waals surface area contributed by atoms with Crippen molar-refractivity contribution < 1.29 is 8.42 Å². The van der Waals surface area contributed by atoms with Crippen molar-refractivity contribution in [3.8, 4) is 0 Å². The molecule has 1 atom stereocenters. The van der Waals surface area contributed by atoms with Crippen LogP contribution in [0.1, 0.15) is 30.0 Å². The van der Waals surface area contributed by atoms with E-state index in [0.29, 0.717) is 29.6 Å². The van der Waals surface area contributed by atoms with Crippen molar-refractivity contribution in [2.24, 2.45) is 0 Å². The lowest BCUT2D eigenvalue weighted by molar-refractivity contribution is 0.313. The van der Waals surface area contributed by atoms with Crippen molar-refractivity contribution in [1.82, 2.24) is 23.9 Å². The van der Waals surface area contributed by atoms with Crippen molar-refractivity contribution in [3.05, 3.63) is 69.0 Å². The maximum Gasteiger partial charge on any atom is 0.252 e. The molecule has 0 saturated carbocycles. The molecule has 4 aromatic rings. The van der Waals surface area contributed by atoms with Gasteiger partial charge in [-0.25, -0.2) is 13.4 Å². The van der Waals surface area contributed by atoms with E-state index in [1.165, 1.54) is 0 Å². The largest absolute Gasteiger partial charge is 0.366 e. The average Bonchev–Trinajstić information content (AvgIpc) is 3.44. The summed E-state index contributed by atoms with van der Waals surface area (Å²) in [4.78, 5) is 8.99. The minimum Gasteiger partial charge on any atom is -0.366 e. The molecule has 5 heterocycles. The number of hydrogen-bond acceptors (Lipinski definition) is 7. The van der Waals surface area contributed by atoms with Gasteiger partial charge in [-0.1, -0.05) is 17.7 Å². The smallest absolute Gasteiger partial charge is 0.252 e. The van der Waals surface area contributed by atoms with Crippen molar-refractivity contribution in [2.45, 2.75) is 29.5 Å². The number of sulfonamides is 1. The Morgan fingerprint density at radius 3 is 2.91 bits per heavy atom. The third kappa shape index (κ3) is 4.65. The highest BCUT2D eigenvalue weighted by molar-refractivity contribution is 9.10. The zero-order valence-corrected chi connectivity index (χ0v) is 21.3. The van der Waals surface area contributed by atoms with Crippen LogP contribution in [-0.4, -0.2) is 45.4 Å². The summed E-state index contributed by atoms with van der Waals surface area (Å²) in [6.45, 7) is 1.43. The Kier molecular flexibility index (Phi) is 6.41. The molecule has 0 amide bonds. The zero-order valence-electron chi connectivity index (χ0n) is 17.4. The summed E-state index contributed by atoms with van der Waals surface area (Å²) in [7, 11) is -3.59. The molecule has 12 heteroatoms. The SMILES string of the molecule is O=S(=O)(c1ccc(Cl)s1)N1CCCC(c2cc(NCc3cccnc3)n3ncc(Br)c3n2)C1. The molecule has 1 aliphatic rings. The molecule has 1 fully saturated rings. The first-order chi connectivity index (χ1) is 15.9. The van der Waals surface area contributed by atoms with Crippen LogP contribution in [0.3, 0.4) is 0 Å². The van der Waals surface area contributed by atoms with E-state index in [4.69, 9.17) is 16.6 Å². The summed E-state index contributed by atoms with van der Waals surface area (Å²) >= 11 is 10.6. The number of anilines is 1. The van der Waals surface area contributed by atoms with Gasteiger partial charge in [0, 0.05) is 44.0 Å². The third-order valence-corrected chi connectivity index (χ3v) is 9.71. The van der Waals surface area contributed by atoms with Crippen LogP contribution in [0.2, 0.25) is 4.34 Å². The van der Waals surface area contributed by atoms with Crippen LogP contribution < -0.4 is 5.32 Å². The van der Waals surface area contributed by atoms with Crippen LogP contribution in [0.15, 0.2) is 57.6 Å². The fourth-order valence-electron chi connectivity index (χ4n) is 3.95. The Balaban J connectivity index is 1.44. The molecule has 4 aromatic heterocycles. The summed E-state index contributed by atoms with van der Waals surface area (Å²) in [6.07, 6.45) is 6.87. The van der Waals surface area contributed by atoms with Gasteiger partial charge in [-0.2, -0.15) is 13.9 Å². The lowest BCUT2D eigenvalue weighted by atomic mass is 9.96. The van der Waals surface area contributed by atoms with Gasteiger partial charge in [0.15, 0.2) is 5.65 Å². The molecule has 1 aliphatic heterocycles. The number of nitrogens with one attached hydrogen (secondary N) is 1. The van der Waals surface area contributed by atoms with Crippen LogP contribution in [0.25, 0.3) is 5.65 Å². The van der Waals surface area contributed by atoms with Gasteiger partial charge in [0.1, 0.15) is 10.0 Å². The lowest BCUT2D eigenvalue weighted by Crippen LogP contribution is -2.39. The van der Waals surface area contributed by atoms with Crippen molar-refractivity contribution in [2.75, 3.05) is 18.4 Å². The van der Waals surface area contributed by atoms with Gasteiger partial charge >= 0.3 is 0 Å². The van der Waals surface area contributed by atoms with Gasteiger partial charge in [0.25, 0.3) is 10.0 Å². The summed E-state index contributed by atoms with van der Waals surface area (Å²) in [5, 5.41) is 7.85. The number of pyridine rings is 1. The summed E-state index contributed by atoms with van der Waals surface area (Å²) in [5.74, 6) is 0.754. The molecule has 5 rings (SSSR count). The predicted molar refractivity (Wildman–Crippen MR) is 132 cm³/mol. The Morgan fingerprint density at radius 1 is 1.27 bits per heavy atom. The lowest BCUT2D eigenvalue weighted by Gasteiger charge is -2.31. The molecule has 0 spiro atoms. The number of fused-ring (bicyclic) bond motifs is 1. The molecule has 0 bridgehead atoms. The highest BCUT2D eigenvalue weighted by atomic mass is 79.9. The fraction of sp³-hybridized carbons (Fsp3) is 0.286. The average molecular weight is 568 g/mol. The van der Waals surface area contributed by atoms with Crippen LogP contribution in [0.4, 0.5) is 5.82 Å². The van der Waals surface area contributed by atoms with Gasteiger partial charge < -0.3 is 5.32 Å². The van der Waals surface area contributed by atoms with E-state index in [-0.39, 0.29) is 10.1 Å². The first kappa shape index (κ1) is 22.7. The molecular weight excluding hydrogens is 548 g/mol. The van der Waals surface area contributed by atoms with E-state index in [1.807, 2.05) is 24.4 Å². The molecule has 8 nitrogen and oxygen atoms in total. The molecule has 1 N–H and O–H groups in total. The minimum absolute atomic E-state index is 0.0327. The predicted octanol–water partition coefficient (Wildman–Crippen LogP) is 4.78. The molecule has 0 aromatic carbocycles. The first-order valence-corrected chi connectivity index (χ1v) is 13.8. The second kappa shape index (κ2) is 9.30. The number of halogens is 2. The number of nitrogens with zero attached hydrogens (tertiary/aromatic N) is 5. The first-order valence-electron chi connectivity index (χ1n) is 10.3. The highest BCUT2D eigenvalue weighted by Gasteiger charge is 2.33. The molecule has 1 saturated heterocycles. The monoisotopic (exact) mass is 566 g/mol. The fourth-order valence-corrected chi connectivity index (χ4v) is 7.46. The molecule has 33 heavy (non-hydrogen) atoms. The van der Waals surface area contributed by atoms with Gasteiger partial charge in [-0.05, 0) is 52.5 Å². The normalized spacial score (nSPS) is 17.5. The van der Waals surface area contributed by atoms with Crippen LogP contribution in [0, 0.1) is 0 Å². The topological polar surface area (TPSA) is 92.5 Å². The van der Waals surface area contributed by atoms with Gasteiger partial charge in [-0.15, -0.1) is 11.3 Å². The Hall–Kier alpha value is -2.05. The van der Waals surface area contributed by atoms with E-state index in [9.17, 15) is 8.42 Å². The van der Waals surface area contributed by atoms with E-state index in [0.717, 1.165) is 45.7 Å². The standard InChI is InChI=1S/C21H20BrClN6O2S2/c22-16-12-26-29-19(25-11-14-3-1-7-24-10-14)9-17(27-21(16)29)15-4-2-8-28(13-15)33(30,31)20-6-5-18(23)32-20/h1,3,5-7,9-10,12,15,25H,2,4,8,11,13H2. The summed E-state index contributed by atoms with van der Waals surface area (Å²) in [6, 6.07) is 9.05. The Bertz CT molecular complexity index is 1390. The summed E-state index contributed by atoms with van der Waals surface area (Å²) < 4.78 is 31.1. The number of thiophene rings is 1. The molecule has 0 radical (unpaired) electrons. The van der Waals surface area contributed by atoms with E-state index >= 15 is 0 Å². The van der Waals surface area contributed by atoms with Crippen molar-refractivity contribution in [3.63, 3.8) is 0 Å². The third-order valence-electron chi connectivity index (χ3n) is 5.59. The maximum atomic E-state index is 13.1. The molecule has 0 aliphatic carbocycles. The van der Waals surface area contributed by atoms with E-state index in [1.54, 1.807) is 33.3 Å². The van der Waals surface area contributed by atoms with Crippen molar-refractivity contribution in [1.29, 1.82) is 0 Å².